The predicted octanol–water partition coefficient (Wildman–Crippen LogP) is 1.12. The molecule has 0 bridgehead atoms. The van der Waals surface area contributed by atoms with Gasteiger partial charge in [0, 0.05) is 0 Å². The van der Waals surface area contributed by atoms with Crippen molar-refractivity contribution in [1.29, 1.82) is 0 Å². The second-order valence-corrected chi connectivity index (χ2v) is 9.01. The van der Waals surface area contributed by atoms with Gasteiger partial charge in [-0.2, -0.15) is 0 Å². The highest BCUT2D eigenvalue weighted by molar-refractivity contribution is 6.64. The van der Waals surface area contributed by atoms with Crippen LogP contribution >= 0.6 is 0 Å². The largest absolute Gasteiger partial charge is 0.0928 e. The van der Waals surface area contributed by atoms with Crippen LogP contribution in [-0.2, 0) is 0 Å². The number of rotatable bonds is 4. The van der Waals surface area contributed by atoms with Crippen LogP contribution < -0.4 is 10.4 Å². The fourth-order valence-electron chi connectivity index (χ4n) is 1.70. The first kappa shape index (κ1) is 13.2. The quantitative estimate of drug-likeness (QED) is 0.699. The van der Waals surface area contributed by atoms with Gasteiger partial charge in [-0.25, -0.2) is 0 Å². The van der Waals surface area contributed by atoms with Crippen molar-refractivity contribution in [3.05, 3.63) is 46.8 Å². The van der Waals surface area contributed by atoms with Gasteiger partial charge < -0.3 is 0 Å². The maximum Gasteiger partial charge on any atom is 0.0816 e. The summed E-state index contributed by atoms with van der Waals surface area (Å²) in [5, 5.41) is 6.34. The fourth-order valence-corrected chi connectivity index (χ4v) is 4.92. The first-order chi connectivity index (χ1) is 7.65. The maximum absolute atomic E-state index is 2.44. The van der Waals surface area contributed by atoms with Gasteiger partial charge in [-0.1, -0.05) is 57.2 Å². The Labute approximate surface area is 104 Å². The first-order valence-electron chi connectivity index (χ1n) is 5.97. The van der Waals surface area contributed by atoms with Crippen LogP contribution in [-0.4, -0.2) is 19.0 Å². The zero-order valence-electron chi connectivity index (χ0n) is 10.9. The number of allylic oxidation sites excluding steroid dienone is 4. The lowest BCUT2D eigenvalue weighted by atomic mass is 10.4. The van der Waals surface area contributed by atoms with Crippen LogP contribution in [0.3, 0.4) is 0 Å². The molecule has 1 aromatic rings. The number of hydrogen-bond acceptors (Lipinski definition) is 0. The van der Waals surface area contributed by atoms with E-state index in [-0.39, 0.29) is 19.0 Å². The molecule has 0 aromatic heterocycles. The molecule has 0 saturated heterocycles. The van der Waals surface area contributed by atoms with Crippen molar-refractivity contribution < 1.29 is 0 Å². The van der Waals surface area contributed by atoms with Gasteiger partial charge in [0.25, 0.3) is 0 Å². The van der Waals surface area contributed by atoms with Crippen LogP contribution in [0.5, 0.6) is 0 Å². The first-order valence-corrected chi connectivity index (χ1v) is 8.80. The summed E-state index contributed by atoms with van der Waals surface area (Å²) in [6, 6.07) is 9.26. The van der Waals surface area contributed by atoms with Crippen molar-refractivity contribution in [2.24, 2.45) is 0 Å². The average Bonchev–Trinajstić information content (AvgIpc) is 2.29. The van der Waals surface area contributed by atoms with Crippen molar-refractivity contribution in [2.75, 3.05) is 0 Å². The third-order valence-electron chi connectivity index (χ3n) is 2.94. The predicted molar refractivity (Wildman–Crippen MR) is 81.7 cm³/mol. The van der Waals surface area contributed by atoms with E-state index in [1.165, 1.54) is 0 Å². The highest BCUT2D eigenvalue weighted by Gasteiger charge is 1.99. The van der Waals surface area contributed by atoms with Gasteiger partial charge in [-0.15, -0.1) is 0 Å². The molecule has 0 aliphatic rings. The Bertz CT molecular complexity index is 368. The fraction of sp³-hybridized carbons (Fsp3) is 0.286. The molecule has 86 valence electrons. The summed E-state index contributed by atoms with van der Waals surface area (Å²) >= 11 is 0. The zero-order chi connectivity index (χ0) is 12.0. The van der Waals surface area contributed by atoms with E-state index in [9.17, 15) is 0 Å². The highest BCUT2D eigenvalue weighted by Crippen LogP contribution is 1.92. The molecule has 0 nitrogen and oxygen atoms in total. The lowest BCUT2D eigenvalue weighted by Gasteiger charge is -2.05. The molecular weight excluding hydrogens is 224 g/mol. The minimum Gasteiger partial charge on any atom is -0.0928 e. The SMILES string of the molecule is CC=C(C)[SiH2]c1cccc([SiH2]C(C)=CC)c1. The molecule has 0 unspecified atom stereocenters. The van der Waals surface area contributed by atoms with Crippen molar-refractivity contribution in [3.63, 3.8) is 0 Å². The Kier molecular flexibility index (Phi) is 5.49. The summed E-state index contributed by atoms with van der Waals surface area (Å²) in [7, 11) is -0.369. The van der Waals surface area contributed by atoms with Crippen molar-refractivity contribution in [2.45, 2.75) is 27.7 Å². The van der Waals surface area contributed by atoms with Gasteiger partial charge >= 0.3 is 0 Å². The van der Waals surface area contributed by atoms with Crippen molar-refractivity contribution >= 4 is 29.4 Å². The molecule has 1 rings (SSSR count). The van der Waals surface area contributed by atoms with Gasteiger partial charge in [0.2, 0.25) is 0 Å². The van der Waals surface area contributed by atoms with Crippen LogP contribution in [0.25, 0.3) is 0 Å². The number of benzene rings is 1. The van der Waals surface area contributed by atoms with Gasteiger partial charge in [0.15, 0.2) is 0 Å². The molecule has 0 heterocycles. The molecule has 1 aromatic carbocycles. The van der Waals surface area contributed by atoms with E-state index in [0.29, 0.717) is 0 Å². The molecule has 0 aliphatic heterocycles. The standard InChI is InChI=1S/C14H22Si2/c1-5-11(3)15-13-8-7-9-14(10-13)16-12(4)6-2/h5-10H,15-16H2,1-4H3. The Morgan fingerprint density at radius 3 is 1.75 bits per heavy atom. The molecule has 0 spiro atoms. The molecule has 0 atom stereocenters. The molecule has 16 heavy (non-hydrogen) atoms. The van der Waals surface area contributed by atoms with Gasteiger partial charge in [0.05, 0.1) is 19.0 Å². The molecule has 0 N–H and O–H groups in total. The van der Waals surface area contributed by atoms with Gasteiger partial charge in [0.1, 0.15) is 0 Å². The monoisotopic (exact) mass is 246 g/mol. The summed E-state index contributed by atoms with van der Waals surface area (Å²) < 4.78 is 0. The average molecular weight is 247 g/mol. The maximum atomic E-state index is 2.44. The van der Waals surface area contributed by atoms with Crippen LogP contribution in [0.2, 0.25) is 0 Å². The number of hydrogen-bond donors (Lipinski definition) is 0. The molecule has 0 fully saturated rings. The van der Waals surface area contributed by atoms with E-state index >= 15 is 0 Å². The smallest absolute Gasteiger partial charge is 0.0816 e. The molecule has 0 radical (unpaired) electrons. The Morgan fingerprint density at radius 1 is 0.938 bits per heavy atom. The molecule has 0 saturated carbocycles. The van der Waals surface area contributed by atoms with Crippen LogP contribution in [0.4, 0.5) is 0 Å². The summed E-state index contributed by atoms with van der Waals surface area (Å²) in [6.07, 6.45) is 4.51. The van der Waals surface area contributed by atoms with E-state index in [0.717, 1.165) is 0 Å². The van der Waals surface area contributed by atoms with Crippen LogP contribution in [0.1, 0.15) is 27.7 Å². The lowest BCUT2D eigenvalue weighted by molar-refractivity contribution is 1.57. The molecular formula is C14H22Si2. The zero-order valence-corrected chi connectivity index (χ0v) is 13.7. The summed E-state index contributed by atoms with van der Waals surface area (Å²) in [4.78, 5) is 0. The van der Waals surface area contributed by atoms with E-state index in [4.69, 9.17) is 0 Å². The third-order valence-corrected chi connectivity index (χ3v) is 6.57. The van der Waals surface area contributed by atoms with Crippen molar-refractivity contribution in [3.8, 4) is 0 Å². The van der Waals surface area contributed by atoms with Crippen LogP contribution in [0, 0.1) is 0 Å². The summed E-state index contributed by atoms with van der Waals surface area (Å²) in [5.41, 5.74) is 0. The second-order valence-electron chi connectivity index (χ2n) is 4.44. The lowest BCUT2D eigenvalue weighted by Crippen LogP contribution is -2.24. The molecule has 0 amide bonds. The summed E-state index contributed by atoms with van der Waals surface area (Å²) in [5.74, 6) is 0. The third kappa shape index (κ3) is 4.33. The van der Waals surface area contributed by atoms with Crippen molar-refractivity contribution in [1.82, 2.24) is 0 Å². The van der Waals surface area contributed by atoms with E-state index in [2.05, 4.69) is 64.1 Å². The van der Waals surface area contributed by atoms with Gasteiger partial charge in [-0.05, 0) is 27.7 Å². The second kappa shape index (κ2) is 6.66. The minimum atomic E-state index is -0.185. The normalized spacial score (nSPS) is 14.5. The van der Waals surface area contributed by atoms with E-state index < -0.39 is 0 Å². The van der Waals surface area contributed by atoms with Crippen LogP contribution in [0.15, 0.2) is 46.8 Å². The molecule has 0 aliphatic carbocycles. The highest BCUT2D eigenvalue weighted by atomic mass is 28.2. The Hall–Kier alpha value is -0.866. The van der Waals surface area contributed by atoms with E-state index in [1.54, 1.807) is 20.8 Å². The van der Waals surface area contributed by atoms with E-state index in [1.807, 2.05) is 0 Å². The Morgan fingerprint density at radius 2 is 1.38 bits per heavy atom. The minimum absolute atomic E-state index is 0.185. The van der Waals surface area contributed by atoms with Gasteiger partial charge in [-0.3, -0.25) is 0 Å². The molecule has 2 heteroatoms. The summed E-state index contributed by atoms with van der Waals surface area (Å²) in [6.45, 7) is 8.80. The topological polar surface area (TPSA) is 0 Å². The Balaban J connectivity index is 2.79.